The smallest absolute Gasteiger partial charge is 0.0804 e. The molecular weight excluding hydrogens is 238 g/mol. The fraction of sp³-hybridized carbons (Fsp3) is 0.625. The lowest BCUT2D eigenvalue weighted by Crippen LogP contribution is -2.53. The summed E-state index contributed by atoms with van der Waals surface area (Å²) in [6.07, 6.45) is 0.397. The van der Waals surface area contributed by atoms with Gasteiger partial charge in [-0.2, -0.15) is 0 Å². The van der Waals surface area contributed by atoms with Crippen molar-refractivity contribution >= 4 is 0 Å². The summed E-state index contributed by atoms with van der Waals surface area (Å²) in [5, 5.41) is 10.3. The summed E-state index contributed by atoms with van der Waals surface area (Å²) >= 11 is 0. The number of benzene rings is 1. The van der Waals surface area contributed by atoms with Crippen LogP contribution in [-0.2, 0) is 4.74 Å². The van der Waals surface area contributed by atoms with Crippen LogP contribution in [0.15, 0.2) is 24.3 Å². The topological polar surface area (TPSA) is 32.7 Å². The van der Waals surface area contributed by atoms with E-state index in [2.05, 4.69) is 31.7 Å². The molecule has 1 N–H and O–H groups in total. The number of ether oxygens (including phenoxy) is 1. The van der Waals surface area contributed by atoms with Gasteiger partial charge in [0.2, 0.25) is 0 Å². The standard InChI is InChI=1S/C16H25NO2/c1-13-6-4-5-7-14(13)15(18)8-9-17-10-11-19-12-16(17,2)3/h4-7,15,18H,8-12H2,1-3H3. The van der Waals surface area contributed by atoms with E-state index in [9.17, 15) is 5.11 Å². The summed E-state index contributed by atoms with van der Waals surface area (Å²) in [6, 6.07) is 8.07. The van der Waals surface area contributed by atoms with E-state index >= 15 is 0 Å². The van der Waals surface area contributed by atoms with E-state index < -0.39 is 0 Å². The highest BCUT2D eigenvalue weighted by Crippen LogP contribution is 2.24. The third kappa shape index (κ3) is 3.56. The molecule has 0 aliphatic carbocycles. The van der Waals surface area contributed by atoms with Crippen molar-refractivity contribution in [1.82, 2.24) is 4.90 Å². The molecular formula is C16H25NO2. The molecule has 0 saturated carbocycles. The van der Waals surface area contributed by atoms with Gasteiger partial charge in [0.05, 0.1) is 19.3 Å². The molecule has 0 bridgehead atoms. The van der Waals surface area contributed by atoms with Crippen LogP contribution < -0.4 is 0 Å². The van der Waals surface area contributed by atoms with E-state index in [1.54, 1.807) is 0 Å². The van der Waals surface area contributed by atoms with E-state index in [1.807, 2.05) is 18.2 Å². The van der Waals surface area contributed by atoms with E-state index in [0.717, 1.165) is 43.9 Å². The third-order valence-electron chi connectivity index (χ3n) is 4.04. The Bertz CT molecular complexity index is 417. The van der Waals surface area contributed by atoms with Gasteiger partial charge in [-0.05, 0) is 38.3 Å². The number of aliphatic hydroxyl groups excluding tert-OH is 1. The van der Waals surface area contributed by atoms with Crippen LogP contribution in [0.4, 0.5) is 0 Å². The summed E-state index contributed by atoms with van der Waals surface area (Å²) in [7, 11) is 0. The highest BCUT2D eigenvalue weighted by Gasteiger charge is 2.30. The first-order valence-corrected chi connectivity index (χ1v) is 7.07. The van der Waals surface area contributed by atoms with Crippen molar-refractivity contribution in [3.05, 3.63) is 35.4 Å². The molecule has 3 nitrogen and oxygen atoms in total. The molecule has 0 spiro atoms. The lowest BCUT2D eigenvalue weighted by atomic mass is 9.98. The van der Waals surface area contributed by atoms with Crippen LogP contribution in [0.2, 0.25) is 0 Å². The van der Waals surface area contributed by atoms with Gasteiger partial charge in [0.15, 0.2) is 0 Å². The molecule has 1 saturated heterocycles. The molecule has 1 aromatic rings. The Labute approximate surface area is 116 Å². The van der Waals surface area contributed by atoms with Gasteiger partial charge in [0.25, 0.3) is 0 Å². The lowest BCUT2D eigenvalue weighted by molar-refractivity contribution is -0.0552. The minimum atomic E-state index is -0.375. The van der Waals surface area contributed by atoms with Gasteiger partial charge in [-0.15, -0.1) is 0 Å². The van der Waals surface area contributed by atoms with Gasteiger partial charge in [0.1, 0.15) is 0 Å². The van der Waals surface area contributed by atoms with E-state index in [4.69, 9.17) is 4.74 Å². The highest BCUT2D eigenvalue weighted by molar-refractivity contribution is 5.27. The molecule has 0 amide bonds. The number of hydrogen-bond donors (Lipinski definition) is 1. The first-order valence-electron chi connectivity index (χ1n) is 7.07. The van der Waals surface area contributed by atoms with Crippen LogP contribution in [0.3, 0.4) is 0 Å². The molecule has 1 fully saturated rings. The molecule has 0 aromatic heterocycles. The molecule has 3 heteroatoms. The lowest BCUT2D eigenvalue weighted by Gasteiger charge is -2.42. The first-order chi connectivity index (χ1) is 9.00. The number of hydrogen-bond acceptors (Lipinski definition) is 3. The molecule has 106 valence electrons. The number of aliphatic hydroxyl groups is 1. The zero-order chi connectivity index (χ0) is 13.9. The molecule has 1 atom stereocenters. The summed E-state index contributed by atoms with van der Waals surface area (Å²) < 4.78 is 5.52. The van der Waals surface area contributed by atoms with E-state index in [-0.39, 0.29) is 11.6 Å². The highest BCUT2D eigenvalue weighted by atomic mass is 16.5. The Hall–Kier alpha value is -0.900. The van der Waals surface area contributed by atoms with Crippen molar-refractivity contribution in [2.75, 3.05) is 26.3 Å². The summed E-state index contributed by atoms with van der Waals surface area (Å²) in [5.41, 5.74) is 2.29. The second kappa shape index (κ2) is 6.04. The second-order valence-corrected chi connectivity index (χ2v) is 6.01. The Morgan fingerprint density at radius 1 is 1.37 bits per heavy atom. The van der Waals surface area contributed by atoms with Gasteiger partial charge in [0, 0.05) is 18.6 Å². The van der Waals surface area contributed by atoms with Crippen LogP contribution in [0.25, 0.3) is 0 Å². The molecule has 1 unspecified atom stereocenters. The zero-order valence-electron chi connectivity index (χ0n) is 12.2. The maximum absolute atomic E-state index is 10.3. The molecule has 19 heavy (non-hydrogen) atoms. The van der Waals surface area contributed by atoms with Crippen LogP contribution in [0.1, 0.15) is 37.5 Å². The number of morpholine rings is 1. The van der Waals surface area contributed by atoms with Gasteiger partial charge in [-0.25, -0.2) is 0 Å². The Balaban J connectivity index is 1.93. The van der Waals surface area contributed by atoms with Crippen molar-refractivity contribution < 1.29 is 9.84 Å². The minimum Gasteiger partial charge on any atom is -0.388 e. The molecule has 1 aliphatic heterocycles. The molecule has 1 heterocycles. The summed E-state index contributed by atoms with van der Waals surface area (Å²) in [6.45, 7) is 9.88. The van der Waals surface area contributed by atoms with Gasteiger partial charge in [-0.1, -0.05) is 24.3 Å². The Kier molecular flexibility index (Phi) is 4.61. The SMILES string of the molecule is Cc1ccccc1C(O)CCN1CCOCC1(C)C. The maximum atomic E-state index is 10.3. The van der Waals surface area contributed by atoms with Crippen molar-refractivity contribution in [1.29, 1.82) is 0 Å². The number of rotatable bonds is 4. The Morgan fingerprint density at radius 2 is 2.11 bits per heavy atom. The van der Waals surface area contributed by atoms with Crippen molar-refractivity contribution in [3.8, 4) is 0 Å². The van der Waals surface area contributed by atoms with Crippen LogP contribution in [0.5, 0.6) is 0 Å². The summed E-state index contributed by atoms with van der Waals surface area (Å²) in [4.78, 5) is 2.41. The maximum Gasteiger partial charge on any atom is 0.0804 e. The number of aryl methyl sites for hydroxylation is 1. The fourth-order valence-electron chi connectivity index (χ4n) is 2.70. The molecule has 0 radical (unpaired) electrons. The van der Waals surface area contributed by atoms with Crippen molar-refractivity contribution in [3.63, 3.8) is 0 Å². The number of nitrogens with zero attached hydrogens (tertiary/aromatic N) is 1. The van der Waals surface area contributed by atoms with Gasteiger partial charge in [-0.3, -0.25) is 4.90 Å². The zero-order valence-corrected chi connectivity index (χ0v) is 12.2. The minimum absolute atomic E-state index is 0.0731. The molecule has 2 rings (SSSR count). The molecule has 1 aliphatic rings. The average Bonchev–Trinajstić information content (AvgIpc) is 2.37. The van der Waals surface area contributed by atoms with Gasteiger partial charge >= 0.3 is 0 Å². The molecule has 1 aromatic carbocycles. The van der Waals surface area contributed by atoms with Crippen LogP contribution in [0, 0.1) is 6.92 Å². The Morgan fingerprint density at radius 3 is 2.79 bits per heavy atom. The van der Waals surface area contributed by atoms with Crippen molar-refractivity contribution in [2.45, 2.75) is 38.8 Å². The predicted octanol–water partition coefficient (Wildman–Crippen LogP) is 2.53. The predicted molar refractivity (Wildman–Crippen MR) is 77.2 cm³/mol. The van der Waals surface area contributed by atoms with E-state index in [0.29, 0.717) is 0 Å². The summed E-state index contributed by atoms with van der Waals surface area (Å²) in [5.74, 6) is 0. The normalized spacial score (nSPS) is 21.3. The second-order valence-electron chi connectivity index (χ2n) is 6.01. The fourth-order valence-corrected chi connectivity index (χ4v) is 2.70. The monoisotopic (exact) mass is 263 g/mol. The van der Waals surface area contributed by atoms with Crippen LogP contribution in [-0.4, -0.2) is 41.8 Å². The van der Waals surface area contributed by atoms with E-state index in [1.165, 1.54) is 0 Å². The average molecular weight is 263 g/mol. The van der Waals surface area contributed by atoms with Crippen LogP contribution >= 0.6 is 0 Å². The van der Waals surface area contributed by atoms with Gasteiger partial charge < -0.3 is 9.84 Å². The largest absolute Gasteiger partial charge is 0.388 e. The first kappa shape index (κ1) is 14.5. The third-order valence-corrected chi connectivity index (χ3v) is 4.04. The van der Waals surface area contributed by atoms with Crippen molar-refractivity contribution in [2.24, 2.45) is 0 Å². The quantitative estimate of drug-likeness (QED) is 0.906.